The molecule has 1 aromatic heterocycles. The normalized spacial score (nSPS) is 18.8. The molecule has 170 valence electrons. The van der Waals surface area contributed by atoms with Crippen molar-refractivity contribution < 1.29 is 14.5 Å². The maximum absolute atomic E-state index is 13.0. The minimum Gasteiger partial charge on any atom is -0.463 e. The third-order valence-corrected chi connectivity index (χ3v) is 6.69. The SMILES string of the molecule is CCOC(=O)C1=C(C)Nc2snc(CCN3CCNCC3)c2C1c1cccc([N+](=O)[O-])c1. The topological polar surface area (TPSA) is 110 Å². The molecule has 2 aliphatic rings. The number of hydrogen-bond donors (Lipinski definition) is 2. The summed E-state index contributed by atoms with van der Waals surface area (Å²) in [4.78, 5) is 26.4. The van der Waals surface area contributed by atoms with Crippen molar-refractivity contribution in [3.8, 4) is 0 Å². The van der Waals surface area contributed by atoms with Gasteiger partial charge in [0.05, 0.1) is 22.8 Å². The van der Waals surface area contributed by atoms with E-state index >= 15 is 0 Å². The molecular formula is C22H27N5O4S. The Bertz CT molecular complexity index is 1040. The largest absolute Gasteiger partial charge is 0.463 e. The second-order valence-electron chi connectivity index (χ2n) is 7.88. The molecule has 0 amide bonds. The van der Waals surface area contributed by atoms with Crippen LogP contribution in [0.25, 0.3) is 0 Å². The Kier molecular flexibility index (Phi) is 6.83. The highest BCUT2D eigenvalue weighted by Crippen LogP contribution is 2.46. The summed E-state index contributed by atoms with van der Waals surface area (Å²) in [5.41, 5.74) is 3.68. The van der Waals surface area contributed by atoms with Gasteiger partial charge in [0.15, 0.2) is 0 Å². The summed E-state index contributed by atoms with van der Waals surface area (Å²) in [6.07, 6.45) is 0.744. The summed E-state index contributed by atoms with van der Waals surface area (Å²) < 4.78 is 10.1. The van der Waals surface area contributed by atoms with E-state index in [0.29, 0.717) is 16.8 Å². The lowest BCUT2D eigenvalue weighted by Crippen LogP contribution is -2.44. The minimum absolute atomic E-state index is 0.00556. The lowest BCUT2D eigenvalue weighted by Gasteiger charge is -2.29. The van der Waals surface area contributed by atoms with Gasteiger partial charge in [0.1, 0.15) is 5.00 Å². The monoisotopic (exact) mass is 457 g/mol. The van der Waals surface area contributed by atoms with Gasteiger partial charge in [-0.3, -0.25) is 10.1 Å². The van der Waals surface area contributed by atoms with Crippen LogP contribution in [0.4, 0.5) is 10.7 Å². The molecule has 32 heavy (non-hydrogen) atoms. The number of piperazine rings is 1. The molecule has 9 nitrogen and oxygen atoms in total. The Morgan fingerprint density at radius 1 is 1.38 bits per heavy atom. The van der Waals surface area contributed by atoms with E-state index in [1.807, 2.05) is 13.0 Å². The number of nitro groups is 1. The third kappa shape index (κ3) is 4.52. The van der Waals surface area contributed by atoms with Crippen LogP contribution in [-0.2, 0) is 16.0 Å². The molecule has 2 aliphatic heterocycles. The van der Waals surface area contributed by atoms with Crippen molar-refractivity contribution >= 4 is 28.2 Å². The standard InChI is InChI=1S/C22H27N5O4S/c1-3-31-22(28)18-14(2)24-21-20(19(18)15-5-4-6-16(13-15)27(29)30)17(25-32-21)7-10-26-11-8-23-9-12-26/h4-6,13,19,23-24H,3,7-12H2,1-2H3. The molecule has 1 saturated heterocycles. The zero-order chi connectivity index (χ0) is 22.7. The molecule has 10 heteroatoms. The van der Waals surface area contributed by atoms with E-state index in [2.05, 4.69) is 15.5 Å². The van der Waals surface area contributed by atoms with Gasteiger partial charge in [-0.05, 0) is 30.9 Å². The number of fused-ring (bicyclic) bond motifs is 1. The van der Waals surface area contributed by atoms with Gasteiger partial charge in [-0.15, -0.1) is 0 Å². The predicted molar refractivity (Wildman–Crippen MR) is 123 cm³/mol. The van der Waals surface area contributed by atoms with Crippen LogP contribution < -0.4 is 10.6 Å². The van der Waals surface area contributed by atoms with Crippen molar-refractivity contribution in [2.75, 3.05) is 44.6 Å². The average Bonchev–Trinajstić information content (AvgIpc) is 3.20. The molecule has 2 N–H and O–H groups in total. The highest BCUT2D eigenvalue weighted by Gasteiger charge is 2.37. The average molecular weight is 458 g/mol. The first-order valence-electron chi connectivity index (χ1n) is 10.8. The summed E-state index contributed by atoms with van der Waals surface area (Å²) >= 11 is 1.37. The van der Waals surface area contributed by atoms with Crippen molar-refractivity contribution in [1.29, 1.82) is 0 Å². The van der Waals surface area contributed by atoms with Crippen LogP contribution in [0.15, 0.2) is 35.5 Å². The quantitative estimate of drug-likeness (QED) is 0.371. The number of anilines is 1. The molecule has 0 bridgehead atoms. The van der Waals surface area contributed by atoms with Crippen molar-refractivity contribution in [2.45, 2.75) is 26.2 Å². The molecule has 1 atom stereocenters. The summed E-state index contributed by atoms with van der Waals surface area (Å²) in [5, 5.41) is 19.0. The predicted octanol–water partition coefficient (Wildman–Crippen LogP) is 2.89. The lowest BCUT2D eigenvalue weighted by atomic mass is 9.81. The first-order chi connectivity index (χ1) is 15.5. The molecule has 0 aliphatic carbocycles. The highest BCUT2D eigenvalue weighted by atomic mass is 32.1. The second-order valence-corrected chi connectivity index (χ2v) is 8.66. The van der Waals surface area contributed by atoms with Crippen LogP contribution in [0.2, 0.25) is 0 Å². The van der Waals surface area contributed by atoms with E-state index in [9.17, 15) is 14.9 Å². The Morgan fingerprint density at radius 2 is 2.16 bits per heavy atom. The first-order valence-corrected chi connectivity index (χ1v) is 11.6. The van der Waals surface area contributed by atoms with E-state index in [0.717, 1.165) is 55.4 Å². The maximum atomic E-state index is 13.0. The van der Waals surface area contributed by atoms with Crippen molar-refractivity contribution in [3.63, 3.8) is 0 Å². The number of non-ortho nitro benzene ring substituents is 1. The van der Waals surface area contributed by atoms with Crippen molar-refractivity contribution in [1.82, 2.24) is 14.6 Å². The number of aromatic nitrogens is 1. The van der Waals surface area contributed by atoms with Crippen LogP contribution in [-0.4, -0.2) is 59.5 Å². The number of carbonyl (C=O) groups is 1. The number of rotatable bonds is 7. The zero-order valence-electron chi connectivity index (χ0n) is 18.2. The fraction of sp³-hybridized carbons (Fsp3) is 0.455. The molecular weight excluding hydrogens is 430 g/mol. The number of hydrogen-bond acceptors (Lipinski definition) is 9. The fourth-order valence-electron chi connectivity index (χ4n) is 4.33. The fourth-order valence-corrected chi connectivity index (χ4v) is 5.25. The number of nitrogens with one attached hydrogen (secondary N) is 2. The van der Waals surface area contributed by atoms with Gasteiger partial charge in [-0.25, -0.2) is 4.79 Å². The third-order valence-electron chi connectivity index (χ3n) is 5.87. The first kappa shape index (κ1) is 22.4. The van der Waals surface area contributed by atoms with Gasteiger partial charge in [-0.1, -0.05) is 12.1 Å². The van der Waals surface area contributed by atoms with Gasteiger partial charge in [0, 0.05) is 68.5 Å². The molecule has 1 aromatic carbocycles. The summed E-state index contributed by atoms with van der Waals surface area (Å²) in [7, 11) is 0. The van der Waals surface area contributed by atoms with Gasteiger partial charge >= 0.3 is 5.97 Å². The number of ether oxygens (including phenoxy) is 1. The van der Waals surface area contributed by atoms with Crippen LogP contribution in [0.5, 0.6) is 0 Å². The van der Waals surface area contributed by atoms with E-state index in [-0.39, 0.29) is 12.3 Å². The molecule has 0 saturated carbocycles. The van der Waals surface area contributed by atoms with Gasteiger partial charge in [0.25, 0.3) is 5.69 Å². The number of nitrogens with zero attached hydrogens (tertiary/aromatic N) is 3. The number of carbonyl (C=O) groups excluding carboxylic acids is 1. The summed E-state index contributed by atoms with van der Waals surface area (Å²) in [5.74, 6) is -0.888. The molecule has 4 rings (SSSR count). The lowest BCUT2D eigenvalue weighted by molar-refractivity contribution is -0.384. The maximum Gasteiger partial charge on any atom is 0.336 e. The van der Waals surface area contributed by atoms with E-state index in [1.165, 1.54) is 17.6 Å². The van der Waals surface area contributed by atoms with E-state index in [1.54, 1.807) is 19.1 Å². The number of nitro benzene ring substituents is 1. The molecule has 2 aromatic rings. The van der Waals surface area contributed by atoms with Crippen LogP contribution >= 0.6 is 11.5 Å². The minimum atomic E-state index is -0.470. The number of benzene rings is 1. The summed E-state index contributed by atoms with van der Waals surface area (Å²) in [6, 6.07) is 6.50. The van der Waals surface area contributed by atoms with Crippen molar-refractivity contribution in [3.05, 3.63) is 62.5 Å². The Morgan fingerprint density at radius 3 is 2.88 bits per heavy atom. The zero-order valence-corrected chi connectivity index (χ0v) is 19.0. The van der Waals surface area contributed by atoms with Crippen LogP contribution in [0.3, 0.4) is 0 Å². The molecule has 3 heterocycles. The Balaban J connectivity index is 1.75. The number of esters is 1. The highest BCUT2D eigenvalue weighted by molar-refractivity contribution is 7.10. The second kappa shape index (κ2) is 9.76. The molecule has 1 fully saturated rings. The van der Waals surface area contributed by atoms with Gasteiger partial charge in [-0.2, -0.15) is 4.37 Å². The molecule has 0 spiro atoms. The summed E-state index contributed by atoms with van der Waals surface area (Å²) in [6.45, 7) is 8.66. The van der Waals surface area contributed by atoms with Crippen molar-refractivity contribution in [2.24, 2.45) is 0 Å². The van der Waals surface area contributed by atoms with Gasteiger partial charge in [0.2, 0.25) is 0 Å². The van der Waals surface area contributed by atoms with Crippen LogP contribution in [0, 0.1) is 10.1 Å². The number of allylic oxidation sites excluding steroid dienone is 1. The molecule has 1 unspecified atom stereocenters. The van der Waals surface area contributed by atoms with E-state index in [4.69, 9.17) is 9.11 Å². The smallest absolute Gasteiger partial charge is 0.336 e. The van der Waals surface area contributed by atoms with Gasteiger partial charge < -0.3 is 20.3 Å². The molecule has 0 radical (unpaired) electrons. The Hall–Kier alpha value is -2.82. The van der Waals surface area contributed by atoms with E-state index < -0.39 is 16.8 Å². The Labute approximate surface area is 190 Å². The van der Waals surface area contributed by atoms with Crippen LogP contribution in [0.1, 0.15) is 36.6 Å².